The van der Waals surface area contributed by atoms with Gasteiger partial charge in [0.25, 0.3) is 0 Å². The second kappa shape index (κ2) is 6.48. The van der Waals surface area contributed by atoms with Gasteiger partial charge in [-0.25, -0.2) is 0 Å². The molecule has 5 heteroatoms. The van der Waals surface area contributed by atoms with Crippen LogP contribution in [-0.2, 0) is 13.0 Å². The third-order valence-electron chi connectivity index (χ3n) is 3.91. The molecule has 1 aromatic rings. The van der Waals surface area contributed by atoms with Gasteiger partial charge in [0.2, 0.25) is 5.89 Å². The monoisotopic (exact) mass is 266 g/mol. The van der Waals surface area contributed by atoms with Crippen LogP contribution in [0.4, 0.5) is 0 Å². The average molecular weight is 266 g/mol. The van der Waals surface area contributed by atoms with Crippen molar-refractivity contribution in [3.63, 3.8) is 0 Å². The molecule has 2 N–H and O–H groups in total. The van der Waals surface area contributed by atoms with Gasteiger partial charge in [-0.05, 0) is 31.2 Å². The molecule has 19 heavy (non-hydrogen) atoms. The van der Waals surface area contributed by atoms with Gasteiger partial charge in [-0.15, -0.1) is 0 Å². The molecule has 2 unspecified atom stereocenters. The van der Waals surface area contributed by atoms with E-state index in [2.05, 4.69) is 35.8 Å². The summed E-state index contributed by atoms with van der Waals surface area (Å²) >= 11 is 0. The number of hydrogen-bond donors (Lipinski definition) is 1. The second-order valence-electron chi connectivity index (χ2n) is 6.10. The van der Waals surface area contributed by atoms with Gasteiger partial charge < -0.3 is 10.3 Å². The summed E-state index contributed by atoms with van der Waals surface area (Å²) in [6.07, 6.45) is 3.35. The first-order valence-electron chi connectivity index (χ1n) is 7.35. The number of aromatic nitrogens is 2. The van der Waals surface area contributed by atoms with E-state index in [0.717, 1.165) is 31.2 Å². The number of nitrogens with zero attached hydrogens (tertiary/aromatic N) is 3. The van der Waals surface area contributed by atoms with Gasteiger partial charge >= 0.3 is 0 Å². The van der Waals surface area contributed by atoms with Gasteiger partial charge in [-0.2, -0.15) is 4.98 Å². The molecule has 0 radical (unpaired) electrons. The molecule has 1 aliphatic heterocycles. The van der Waals surface area contributed by atoms with E-state index < -0.39 is 0 Å². The summed E-state index contributed by atoms with van der Waals surface area (Å²) < 4.78 is 5.29. The Morgan fingerprint density at radius 1 is 1.47 bits per heavy atom. The van der Waals surface area contributed by atoms with Crippen molar-refractivity contribution in [2.75, 3.05) is 13.1 Å². The summed E-state index contributed by atoms with van der Waals surface area (Å²) in [6, 6.07) is 0.445. The van der Waals surface area contributed by atoms with Crippen LogP contribution in [-0.4, -0.2) is 34.2 Å². The third kappa shape index (κ3) is 3.76. The lowest BCUT2D eigenvalue weighted by Crippen LogP contribution is -2.48. The Labute approximate surface area is 115 Å². The maximum Gasteiger partial charge on any atom is 0.226 e. The largest absolute Gasteiger partial charge is 0.339 e. The summed E-state index contributed by atoms with van der Waals surface area (Å²) in [7, 11) is 0. The first-order valence-corrected chi connectivity index (χ1v) is 7.35. The topological polar surface area (TPSA) is 68.2 Å². The Hall–Kier alpha value is -0.940. The Morgan fingerprint density at radius 2 is 2.26 bits per heavy atom. The van der Waals surface area contributed by atoms with E-state index in [1.807, 2.05) is 0 Å². The highest BCUT2D eigenvalue weighted by molar-refractivity contribution is 4.91. The molecule has 1 aromatic heterocycles. The molecular weight excluding hydrogens is 240 g/mol. The molecule has 0 aliphatic carbocycles. The van der Waals surface area contributed by atoms with Crippen LogP contribution in [0.1, 0.15) is 45.3 Å². The first kappa shape index (κ1) is 14.5. The summed E-state index contributed by atoms with van der Waals surface area (Å²) in [5.74, 6) is 2.74. The van der Waals surface area contributed by atoms with Crippen molar-refractivity contribution in [2.24, 2.45) is 17.6 Å². The second-order valence-corrected chi connectivity index (χ2v) is 6.10. The van der Waals surface area contributed by atoms with Gasteiger partial charge in [-0.1, -0.05) is 25.9 Å². The van der Waals surface area contributed by atoms with E-state index in [-0.39, 0.29) is 0 Å². The average Bonchev–Trinajstić information content (AvgIpc) is 2.76. The fourth-order valence-corrected chi connectivity index (χ4v) is 2.88. The van der Waals surface area contributed by atoms with Crippen LogP contribution < -0.4 is 5.73 Å². The Balaban J connectivity index is 1.97. The first-order chi connectivity index (χ1) is 9.10. The standard InChI is InChI=1S/C14H26N4O/c1-10(2)7-14-16-13(17-19-14)9-18-6-4-5-11(3)12(18)8-15/h10-12H,4-9,15H2,1-3H3. The minimum Gasteiger partial charge on any atom is -0.339 e. The highest BCUT2D eigenvalue weighted by Gasteiger charge is 2.28. The molecule has 0 saturated carbocycles. The van der Waals surface area contributed by atoms with Crippen molar-refractivity contribution < 1.29 is 4.52 Å². The summed E-state index contributed by atoms with van der Waals surface area (Å²) in [5.41, 5.74) is 5.90. The number of hydrogen-bond acceptors (Lipinski definition) is 5. The van der Waals surface area contributed by atoms with Gasteiger partial charge in [0.05, 0.1) is 6.54 Å². The van der Waals surface area contributed by atoms with Gasteiger partial charge in [0.1, 0.15) is 0 Å². The van der Waals surface area contributed by atoms with Crippen LogP contribution in [0.2, 0.25) is 0 Å². The predicted molar refractivity (Wildman–Crippen MR) is 74.5 cm³/mol. The molecule has 0 aromatic carbocycles. The highest BCUT2D eigenvalue weighted by Crippen LogP contribution is 2.23. The quantitative estimate of drug-likeness (QED) is 0.880. The maximum atomic E-state index is 5.90. The summed E-state index contributed by atoms with van der Waals surface area (Å²) in [5, 5.41) is 4.09. The number of nitrogens with two attached hydrogens (primary N) is 1. The fourth-order valence-electron chi connectivity index (χ4n) is 2.88. The molecule has 2 atom stereocenters. The van der Waals surface area contributed by atoms with Crippen molar-refractivity contribution in [3.8, 4) is 0 Å². The molecule has 0 amide bonds. The van der Waals surface area contributed by atoms with Gasteiger partial charge in [0, 0.05) is 19.0 Å². The molecule has 5 nitrogen and oxygen atoms in total. The van der Waals surface area contributed by atoms with E-state index in [0.29, 0.717) is 24.4 Å². The summed E-state index contributed by atoms with van der Waals surface area (Å²) in [6.45, 7) is 9.14. The molecule has 1 aliphatic rings. The Kier molecular flexibility index (Phi) is 4.93. The van der Waals surface area contributed by atoms with Crippen molar-refractivity contribution in [3.05, 3.63) is 11.7 Å². The van der Waals surface area contributed by atoms with Gasteiger partial charge in [0.15, 0.2) is 5.82 Å². The van der Waals surface area contributed by atoms with E-state index in [4.69, 9.17) is 10.3 Å². The zero-order chi connectivity index (χ0) is 13.8. The Bertz CT molecular complexity index is 391. The molecule has 1 saturated heterocycles. The van der Waals surface area contributed by atoms with Crippen molar-refractivity contribution in [1.29, 1.82) is 0 Å². The van der Waals surface area contributed by atoms with E-state index in [1.54, 1.807) is 0 Å². The molecule has 1 fully saturated rings. The zero-order valence-electron chi connectivity index (χ0n) is 12.3. The van der Waals surface area contributed by atoms with Gasteiger partial charge in [-0.3, -0.25) is 4.90 Å². The Morgan fingerprint density at radius 3 is 2.95 bits per heavy atom. The molecular formula is C14H26N4O. The van der Waals surface area contributed by atoms with Crippen LogP contribution in [0.5, 0.6) is 0 Å². The number of piperidine rings is 1. The van der Waals surface area contributed by atoms with Crippen LogP contribution in [0.15, 0.2) is 4.52 Å². The third-order valence-corrected chi connectivity index (χ3v) is 3.91. The molecule has 0 bridgehead atoms. The fraction of sp³-hybridized carbons (Fsp3) is 0.857. The number of rotatable bonds is 5. The van der Waals surface area contributed by atoms with Crippen LogP contribution in [0, 0.1) is 11.8 Å². The number of likely N-dealkylation sites (tertiary alicyclic amines) is 1. The molecule has 2 heterocycles. The van der Waals surface area contributed by atoms with Crippen LogP contribution >= 0.6 is 0 Å². The highest BCUT2D eigenvalue weighted by atomic mass is 16.5. The van der Waals surface area contributed by atoms with Crippen molar-refractivity contribution >= 4 is 0 Å². The minimum absolute atomic E-state index is 0.445. The predicted octanol–water partition coefficient (Wildman–Crippen LogP) is 1.83. The molecule has 0 spiro atoms. The van der Waals surface area contributed by atoms with E-state index >= 15 is 0 Å². The summed E-state index contributed by atoms with van der Waals surface area (Å²) in [4.78, 5) is 6.88. The SMILES string of the molecule is CC(C)Cc1nc(CN2CCCC(C)C2CN)no1. The van der Waals surface area contributed by atoms with E-state index in [1.165, 1.54) is 12.8 Å². The normalized spacial score (nSPS) is 25.1. The molecule has 2 rings (SSSR count). The zero-order valence-corrected chi connectivity index (χ0v) is 12.3. The molecule has 108 valence electrons. The van der Waals surface area contributed by atoms with E-state index in [9.17, 15) is 0 Å². The van der Waals surface area contributed by atoms with Crippen molar-refractivity contribution in [2.45, 2.75) is 52.6 Å². The lowest BCUT2D eigenvalue weighted by atomic mass is 9.91. The lowest BCUT2D eigenvalue weighted by Gasteiger charge is -2.38. The lowest BCUT2D eigenvalue weighted by molar-refractivity contribution is 0.0954. The smallest absolute Gasteiger partial charge is 0.226 e. The van der Waals surface area contributed by atoms with Crippen LogP contribution in [0.25, 0.3) is 0 Å². The minimum atomic E-state index is 0.445. The van der Waals surface area contributed by atoms with Crippen molar-refractivity contribution in [1.82, 2.24) is 15.0 Å². The van der Waals surface area contributed by atoms with Crippen LogP contribution in [0.3, 0.4) is 0 Å². The maximum absolute atomic E-state index is 5.90.